The maximum atomic E-state index is 13.2. The quantitative estimate of drug-likeness (QED) is 0.444. The Morgan fingerprint density at radius 2 is 2.03 bits per heavy atom. The van der Waals surface area contributed by atoms with Crippen molar-refractivity contribution in [2.45, 2.75) is 32.5 Å². The number of rotatable bonds is 8. The molecule has 14 heteroatoms. The fourth-order valence-corrected chi connectivity index (χ4v) is 3.31. The number of carbonyl (C=O) groups excluding carboxylic acids is 1. The van der Waals surface area contributed by atoms with E-state index in [1.807, 2.05) is 6.92 Å². The molecule has 3 rings (SSSR count). The SMILES string of the molecule is CCCCn1c(N)c(N(C)CC(=O)Nc2cc(C(F)(F)F)ccc2-n2cncn2)c(=O)[nH]c1=O. The number of aromatic nitrogens is 5. The zero-order chi connectivity index (χ0) is 25.0. The highest BCUT2D eigenvalue weighted by Gasteiger charge is 2.31. The number of aromatic amines is 1. The van der Waals surface area contributed by atoms with Crippen LogP contribution in [0.2, 0.25) is 0 Å². The van der Waals surface area contributed by atoms with E-state index in [2.05, 4.69) is 20.4 Å². The number of amides is 1. The van der Waals surface area contributed by atoms with Crippen molar-refractivity contribution in [2.75, 3.05) is 29.5 Å². The maximum Gasteiger partial charge on any atom is 0.416 e. The number of halogens is 3. The van der Waals surface area contributed by atoms with Crippen LogP contribution >= 0.6 is 0 Å². The van der Waals surface area contributed by atoms with E-state index in [0.29, 0.717) is 6.42 Å². The summed E-state index contributed by atoms with van der Waals surface area (Å²) < 4.78 is 42.1. The second kappa shape index (κ2) is 9.80. The third kappa shape index (κ3) is 5.27. The minimum atomic E-state index is -4.63. The van der Waals surface area contributed by atoms with Gasteiger partial charge in [0.15, 0.2) is 0 Å². The lowest BCUT2D eigenvalue weighted by Gasteiger charge is -2.22. The molecule has 0 spiro atoms. The minimum absolute atomic E-state index is 0.105. The molecule has 11 nitrogen and oxygen atoms in total. The average molecular weight is 480 g/mol. The Labute approximate surface area is 191 Å². The van der Waals surface area contributed by atoms with Gasteiger partial charge in [0.1, 0.15) is 24.2 Å². The Morgan fingerprint density at radius 3 is 2.65 bits per heavy atom. The Kier molecular flexibility index (Phi) is 7.08. The molecule has 0 atom stereocenters. The predicted octanol–water partition coefficient (Wildman–Crippen LogP) is 1.59. The lowest BCUT2D eigenvalue weighted by Crippen LogP contribution is -2.39. The van der Waals surface area contributed by atoms with Crippen molar-refractivity contribution in [3.63, 3.8) is 0 Å². The largest absolute Gasteiger partial charge is 0.416 e. The van der Waals surface area contributed by atoms with Crippen LogP contribution in [0.15, 0.2) is 40.4 Å². The van der Waals surface area contributed by atoms with Gasteiger partial charge in [-0.2, -0.15) is 18.3 Å². The number of unbranched alkanes of at least 4 members (excludes halogenated alkanes) is 1. The van der Waals surface area contributed by atoms with Gasteiger partial charge >= 0.3 is 11.9 Å². The number of hydrogen-bond donors (Lipinski definition) is 3. The Bertz CT molecular complexity index is 1280. The number of H-pyrrole nitrogens is 1. The molecule has 0 unspecified atom stereocenters. The number of alkyl halides is 3. The van der Waals surface area contributed by atoms with Crippen molar-refractivity contribution in [1.82, 2.24) is 24.3 Å². The van der Waals surface area contributed by atoms with E-state index in [1.165, 1.54) is 33.9 Å². The number of nitrogens with two attached hydrogens (primary N) is 1. The highest BCUT2D eigenvalue weighted by molar-refractivity contribution is 5.96. The van der Waals surface area contributed by atoms with Gasteiger partial charge in [-0.25, -0.2) is 14.5 Å². The van der Waals surface area contributed by atoms with E-state index in [4.69, 9.17) is 5.73 Å². The summed E-state index contributed by atoms with van der Waals surface area (Å²) in [6, 6.07) is 2.79. The molecule has 4 N–H and O–H groups in total. The van der Waals surface area contributed by atoms with E-state index in [0.717, 1.165) is 24.6 Å². The van der Waals surface area contributed by atoms with Crippen LogP contribution in [0, 0.1) is 0 Å². The van der Waals surface area contributed by atoms with E-state index in [1.54, 1.807) is 0 Å². The monoisotopic (exact) mass is 480 g/mol. The summed E-state index contributed by atoms with van der Waals surface area (Å²) in [5.41, 5.74) is 3.51. The van der Waals surface area contributed by atoms with Gasteiger partial charge in [0.25, 0.3) is 5.56 Å². The molecule has 1 amide bonds. The number of nitrogens with zero attached hydrogens (tertiary/aromatic N) is 5. The normalized spacial score (nSPS) is 11.4. The van der Waals surface area contributed by atoms with Gasteiger partial charge in [-0.05, 0) is 24.6 Å². The van der Waals surface area contributed by atoms with Crippen molar-refractivity contribution in [3.05, 3.63) is 57.3 Å². The molecule has 34 heavy (non-hydrogen) atoms. The fourth-order valence-electron chi connectivity index (χ4n) is 3.31. The third-order valence-electron chi connectivity index (χ3n) is 4.98. The topological polar surface area (TPSA) is 144 Å². The van der Waals surface area contributed by atoms with E-state index >= 15 is 0 Å². The molecular weight excluding hydrogens is 457 g/mol. The number of nitrogens with one attached hydrogen (secondary N) is 2. The van der Waals surface area contributed by atoms with Crippen molar-refractivity contribution in [1.29, 1.82) is 0 Å². The van der Waals surface area contributed by atoms with Crippen LogP contribution in [0.3, 0.4) is 0 Å². The third-order valence-corrected chi connectivity index (χ3v) is 4.98. The zero-order valence-corrected chi connectivity index (χ0v) is 18.4. The second-order valence-corrected chi connectivity index (χ2v) is 7.47. The molecule has 1 aromatic carbocycles. The lowest BCUT2D eigenvalue weighted by atomic mass is 10.1. The molecule has 0 fully saturated rings. The summed E-state index contributed by atoms with van der Waals surface area (Å²) in [5, 5.41) is 6.31. The first-order valence-corrected chi connectivity index (χ1v) is 10.2. The molecule has 0 aliphatic carbocycles. The summed E-state index contributed by atoms with van der Waals surface area (Å²) >= 11 is 0. The first-order chi connectivity index (χ1) is 16.0. The van der Waals surface area contributed by atoms with E-state index in [-0.39, 0.29) is 29.4 Å². The summed E-state index contributed by atoms with van der Waals surface area (Å²) in [7, 11) is 1.40. The van der Waals surface area contributed by atoms with Crippen molar-refractivity contribution < 1.29 is 18.0 Å². The summed E-state index contributed by atoms with van der Waals surface area (Å²) in [6.45, 7) is 1.76. The van der Waals surface area contributed by atoms with Crippen molar-refractivity contribution in [3.8, 4) is 5.69 Å². The van der Waals surface area contributed by atoms with Crippen LogP contribution < -0.4 is 27.2 Å². The number of carbonyl (C=O) groups is 1. The molecule has 182 valence electrons. The number of benzene rings is 1. The maximum absolute atomic E-state index is 13.2. The van der Waals surface area contributed by atoms with E-state index in [9.17, 15) is 27.6 Å². The van der Waals surface area contributed by atoms with Gasteiger partial charge in [0, 0.05) is 13.6 Å². The molecule has 0 saturated heterocycles. The summed E-state index contributed by atoms with van der Waals surface area (Å²) in [5.74, 6) is -0.840. The van der Waals surface area contributed by atoms with Crippen LogP contribution in [0.25, 0.3) is 5.69 Å². The molecule has 0 aliphatic rings. The Balaban J connectivity index is 1.89. The van der Waals surface area contributed by atoms with Gasteiger partial charge in [-0.3, -0.25) is 19.1 Å². The van der Waals surface area contributed by atoms with Crippen LogP contribution in [0.4, 0.5) is 30.4 Å². The molecule has 0 saturated carbocycles. The van der Waals surface area contributed by atoms with Gasteiger partial charge in [-0.15, -0.1) is 0 Å². The number of anilines is 3. The highest BCUT2D eigenvalue weighted by atomic mass is 19.4. The standard InChI is InChI=1S/C20H23F3N8O3/c1-3-4-7-30-17(24)16(18(33)28-19(30)34)29(2)9-15(32)27-13-8-12(20(21,22)23)5-6-14(13)31-11-25-10-26-31/h5-6,8,10-11H,3-4,7,9,24H2,1-2H3,(H,27,32)(H,28,33,34). The van der Waals surface area contributed by atoms with Gasteiger partial charge < -0.3 is 16.0 Å². The summed E-state index contributed by atoms with van der Waals surface area (Å²) in [4.78, 5) is 44.3. The second-order valence-electron chi connectivity index (χ2n) is 7.47. The molecule has 0 bridgehead atoms. The van der Waals surface area contributed by atoms with Crippen LogP contribution in [-0.2, 0) is 17.5 Å². The van der Waals surface area contributed by atoms with Crippen molar-refractivity contribution in [2.24, 2.45) is 0 Å². The number of likely N-dealkylation sites (N-methyl/N-ethyl adjacent to an activating group) is 1. The van der Waals surface area contributed by atoms with Crippen LogP contribution in [0.1, 0.15) is 25.3 Å². The summed E-state index contributed by atoms with van der Waals surface area (Å²) in [6.07, 6.45) is -0.751. The Morgan fingerprint density at radius 1 is 1.29 bits per heavy atom. The fraction of sp³-hybridized carbons (Fsp3) is 0.350. The molecule has 0 aliphatic heterocycles. The Hall–Kier alpha value is -4.10. The lowest BCUT2D eigenvalue weighted by molar-refractivity contribution is -0.137. The molecular formula is C20H23F3N8O3. The molecule has 3 aromatic rings. The molecule has 2 aromatic heterocycles. The molecule has 2 heterocycles. The average Bonchev–Trinajstić information content (AvgIpc) is 3.27. The zero-order valence-electron chi connectivity index (χ0n) is 18.4. The minimum Gasteiger partial charge on any atom is -0.383 e. The van der Waals surface area contributed by atoms with Gasteiger partial charge in [-0.1, -0.05) is 13.3 Å². The number of hydrogen-bond acceptors (Lipinski definition) is 7. The number of nitrogen functional groups attached to an aromatic ring is 1. The van der Waals surface area contributed by atoms with Gasteiger partial charge in [0.2, 0.25) is 5.91 Å². The van der Waals surface area contributed by atoms with Crippen LogP contribution in [0.5, 0.6) is 0 Å². The first-order valence-electron chi connectivity index (χ1n) is 10.2. The van der Waals surface area contributed by atoms with Gasteiger partial charge in [0.05, 0.1) is 23.5 Å². The van der Waals surface area contributed by atoms with Crippen LogP contribution in [-0.4, -0.2) is 43.8 Å². The predicted molar refractivity (Wildman–Crippen MR) is 119 cm³/mol. The molecule has 0 radical (unpaired) electrons. The van der Waals surface area contributed by atoms with Crippen molar-refractivity contribution >= 4 is 23.1 Å². The first kappa shape index (κ1) is 24.5. The van der Waals surface area contributed by atoms with E-state index < -0.39 is 35.4 Å². The smallest absolute Gasteiger partial charge is 0.383 e. The highest BCUT2D eigenvalue weighted by Crippen LogP contribution is 2.33.